The van der Waals surface area contributed by atoms with Crippen molar-refractivity contribution >= 4 is 23.4 Å². The van der Waals surface area contributed by atoms with Gasteiger partial charge in [0.15, 0.2) is 5.96 Å². The van der Waals surface area contributed by atoms with Gasteiger partial charge in [-0.3, -0.25) is 4.99 Å². The van der Waals surface area contributed by atoms with Gasteiger partial charge in [-0.15, -0.1) is 0 Å². The molecule has 0 aliphatic carbocycles. The summed E-state index contributed by atoms with van der Waals surface area (Å²) in [5.41, 5.74) is 0. The summed E-state index contributed by atoms with van der Waals surface area (Å²) >= 11 is 6.25. The number of nitrogens with one attached hydrogen (secondary N) is 2. The maximum Gasteiger partial charge on any atom is 0.191 e. The molecule has 1 aromatic heterocycles. The maximum atomic E-state index is 6.25. The Morgan fingerprint density at radius 1 is 1.44 bits per heavy atom. The first-order valence-corrected chi connectivity index (χ1v) is 9.60. The van der Waals surface area contributed by atoms with Gasteiger partial charge in [-0.2, -0.15) is 0 Å². The van der Waals surface area contributed by atoms with Gasteiger partial charge in [0, 0.05) is 38.5 Å². The summed E-state index contributed by atoms with van der Waals surface area (Å²) in [6, 6.07) is 4.07. The molecule has 2 rings (SSSR count). The zero-order chi connectivity index (χ0) is 17.9. The smallest absolute Gasteiger partial charge is 0.191 e. The number of ether oxygens (including phenoxy) is 1. The lowest BCUT2D eigenvalue weighted by atomic mass is 10.3. The van der Waals surface area contributed by atoms with E-state index in [9.17, 15) is 0 Å². The summed E-state index contributed by atoms with van der Waals surface area (Å²) in [5, 5.41) is 7.51. The number of unbranched alkanes of at least 4 members (excludes halogenated alkanes) is 1. The molecule has 25 heavy (non-hydrogen) atoms. The van der Waals surface area contributed by atoms with Gasteiger partial charge in [0.1, 0.15) is 5.82 Å². The highest BCUT2D eigenvalue weighted by Gasteiger charge is 2.25. The molecule has 6 nitrogen and oxygen atoms in total. The predicted octanol–water partition coefficient (Wildman–Crippen LogP) is 2.69. The summed E-state index contributed by atoms with van der Waals surface area (Å²) in [4.78, 5) is 11.2. The van der Waals surface area contributed by atoms with Crippen LogP contribution in [-0.4, -0.2) is 56.4 Å². The van der Waals surface area contributed by atoms with E-state index in [2.05, 4.69) is 39.4 Å². The summed E-state index contributed by atoms with van der Waals surface area (Å²) in [6.07, 6.45) is 5.08. The first-order chi connectivity index (χ1) is 12.2. The van der Waals surface area contributed by atoms with Gasteiger partial charge < -0.3 is 20.3 Å². The van der Waals surface area contributed by atoms with Crippen molar-refractivity contribution in [1.82, 2.24) is 15.6 Å². The van der Waals surface area contributed by atoms with Crippen LogP contribution in [-0.2, 0) is 4.74 Å². The minimum atomic E-state index is 0.330. The molecule has 1 atom stereocenters. The van der Waals surface area contributed by atoms with Crippen LogP contribution in [0.15, 0.2) is 23.3 Å². The van der Waals surface area contributed by atoms with E-state index in [1.807, 2.05) is 12.1 Å². The van der Waals surface area contributed by atoms with Crippen LogP contribution < -0.4 is 15.5 Å². The normalized spacial score (nSPS) is 17.8. The topological polar surface area (TPSA) is 61.8 Å². The maximum absolute atomic E-state index is 6.25. The van der Waals surface area contributed by atoms with E-state index in [1.165, 1.54) is 0 Å². The van der Waals surface area contributed by atoms with Crippen LogP contribution in [0.1, 0.15) is 33.1 Å². The van der Waals surface area contributed by atoms with Crippen LogP contribution >= 0.6 is 11.6 Å². The van der Waals surface area contributed by atoms with Crippen molar-refractivity contribution in [2.75, 3.05) is 44.3 Å². The number of aromatic nitrogens is 1. The lowest BCUT2D eigenvalue weighted by Gasteiger charge is -2.20. The van der Waals surface area contributed by atoms with Crippen LogP contribution in [0.2, 0.25) is 5.02 Å². The van der Waals surface area contributed by atoms with E-state index in [0.717, 1.165) is 57.3 Å². The van der Waals surface area contributed by atoms with Crippen molar-refractivity contribution in [2.45, 2.75) is 39.2 Å². The van der Waals surface area contributed by atoms with Crippen LogP contribution in [0.3, 0.4) is 0 Å². The summed E-state index contributed by atoms with van der Waals surface area (Å²) < 4.78 is 5.57. The molecule has 1 aliphatic rings. The molecule has 1 aromatic rings. The number of rotatable bonds is 9. The number of nitrogens with zero attached hydrogens (tertiary/aromatic N) is 3. The second-order valence-corrected chi connectivity index (χ2v) is 6.52. The molecule has 0 spiro atoms. The Hall–Kier alpha value is -1.53. The van der Waals surface area contributed by atoms with E-state index < -0.39 is 0 Å². The number of aliphatic imine (C=N–C) groups is 1. The minimum Gasteiger partial charge on any atom is -0.380 e. The second kappa shape index (κ2) is 11.2. The van der Waals surface area contributed by atoms with Crippen molar-refractivity contribution < 1.29 is 4.74 Å². The van der Waals surface area contributed by atoms with Gasteiger partial charge in [-0.05, 0) is 31.9 Å². The average Bonchev–Trinajstić information content (AvgIpc) is 3.07. The first kappa shape index (κ1) is 19.8. The fraction of sp³-hybridized carbons (Fsp3) is 0.667. The lowest BCUT2D eigenvalue weighted by Crippen LogP contribution is -2.44. The van der Waals surface area contributed by atoms with E-state index in [4.69, 9.17) is 16.3 Å². The van der Waals surface area contributed by atoms with Gasteiger partial charge in [0.2, 0.25) is 0 Å². The van der Waals surface area contributed by atoms with Gasteiger partial charge >= 0.3 is 0 Å². The van der Waals surface area contributed by atoms with Crippen molar-refractivity contribution in [2.24, 2.45) is 4.99 Å². The third-order valence-electron chi connectivity index (χ3n) is 4.06. The lowest BCUT2D eigenvalue weighted by molar-refractivity contribution is 0.139. The molecular weight excluding hydrogens is 338 g/mol. The fourth-order valence-electron chi connectivity index (χ4n) is 2.76. The number of anilines is 1. The molecule has 0 radical (unpaired) electrons. The number of hydrogen-bond acceptors (Lipinski definition) is 4. The van der Waals surface area contributed by atoms with Gasteiger partial charge in [0.25, 0.3) is 0 Å². The highest BCUT2D eigenvalue weighted by atomic mass is 35.5. The Kier molecular flexibility index (Phi) is 8.83. The summed E-state index contributed by atoms with van der Waals surface area (Å²) in [5.74, 6) is 1.71. The summed E-state index contributed by atoms with van der Waals surface area (Å²) in [7, 11) is 0. The molecule has 1 fully saturated rings. The Bertz CT molecular complexity index is 540. The SMILES string of the molecule is CCCCOCCN=C(NCC)NC1CCN(c2ncccc2Cl)C1. The minimum absolute atomic E-state index is 0.330. The highest BCUT2D eigenvalue weighted by Crippen LogP contribution is 2.25. The zero-order valence-corrected chi connectivity index (χ0v) is 16.1. The molecule has 0 saturated carbocycles. The molecule has 1 saturated heterocycles. The van der Waals surface area contributed by atoms with E-state index in [0.29, 0.717) is 24.2 Å². The third kappa shape index (κ3) is 6.71. The molecule has 2 heterocycles. The Morgan fingerprint density at radius 3 is 3.08 bits per heavy atom. The van der Waals surface area contributed by atoms with E-state index >= 15 is 0 Å². The van der Waals surface area contributed by atoms with E-state index in [1.54, 1.807) is 6.20 Å². The van der Waals surface area contributed by atoms with Gasteiger partial charge in [-0.25, -0.2) is 4.98 Å². The summed E-state index contributed by atoms with van der Waals surface area (Å²) in [6.45, 7) is 9.03. The molecule has 140 valence electrons. The Morgan fingerprint density at radius 2 is 2.32 bits per heavy atom. The standard InChI is InChI=1S/C18H30ClN5O/c1-3-5-12-25-13-10-22-18(20-4-2)23-15-8-11-24(14-15)17-16(19)7-6-9-21-17/h6-7,9,15H,3-5,8,10-14H2,1-2H3,(H2,20,22,23). The van der Waals surface area contributed by atoms with Crippen molar-refractivity contribution in [3.63, 3.8) is 0 Å². The van der Waals surface area contributed by atoms with Gasteiger partial charge in [0.05, 0.1) is 18.2 Å². The highest BCUT2D eigenvalue weighted by molar-refractivity contribution is 6.32. The second-order valence-electron chi connectivity index (χ2n) is 6.11. The molecule has 1 aliphatic heterocycles. The van der Waals surface area contributed by atoms with Crippen molar-refractivity contribution in [3.05, 3.63) is 23.4 Å². The number of halogens is 1. The molecule has 0 aromatic carbocycles. The molecule has 7 heteroatoms. The molecule has 0 bridgehead atoms. The Labute approximate surface area is 156 Å². The number of pyridine rings is 1. The number of guanidine groups is 1. The largest absolute Gasteiger partial charge is 0.380 e. The van der Waals surface area contributed by atoms with Crippen LogP contribution in [0.4, 0.5) is 5.82 Å². The van der Waals surface area contributed by atoms with Crippen LogP contribution in [0.5, 0.6) is 0 Å². The molecule has 0 amide bonds. The van der Waals surface area contributed by atoms with Crippen LogP contribution in [0, 0.1) is 0 Å². The fourth-order valence-corrected chi connectivity index (χ4v) is 3.01. The van der Waals surface area contributed by atoms with Crippen LogP contribution in [0.25, 0.3) is 0 Å². The molecular formula is C18H30ClN5O. The number of hydrogen-bond donors (Lipinski definition) is 2. The Balaban J connectivity index is 1.80. The van der Waals surface area contributed by atoms with E-state index in [-0.39, 0.29) is 0 Å². The molecule has 1 unspecified atom stereocenters. The van der Waals surface area contributed by atoms with Crippen molar-refractivity contribution in [1.29, 1.82) is 0 Å². The first-order valence-electron chi connectivity index (χ1n) is 9.22. The monoisotopic (exact) mass is 367 g/mol. The molecule has 2 N–H and O–H groups in total. The van der Waals surface area contributed by atoms with Gasteiger partial charge in [-0.1, -0.05) is 24.9 Å². The average molecular weight is 368 g/mol. The quantitative estimate of drug-likeness (QED) is 0.399. The zero-order valence-electron chi connectivity index (χ0n) is 15.3. The van der Waals surface area contributed by atoms with Crippen molar-refractivity contribution in [3.8, 4) is 0 Å². The predicted molar refractivity (Wildman–Crippen MR) is 105 cm³/mol. The third-order valence-corrected chi connectivity index (χ3v) is 4.35.